The summed E-state index contributed by atoms with van der Waals surface area (Å²) in [6.45, 7) is 4.88. The van der Waals surface area contributed by atoms with E-state index < -0.39 is 0 Å². The van der Waals surface area contributed by atoms with E-state index in [1.165, 1.54) is 17.7 Å². The van der Waals surface area contributed by atoms with Crippen molar-refractivity contribution < 1.29 is 13.9 Å². The lowest BCUT2D eigenvalue weighted by molar-refractivity contribution is 0.0949. The van der Waals surface area contributed by atoms with Crippen LogP contribution in [-0.2, 0) is 13.1 Å². The highest BCUT2D eigenvalue weighted by molar-refractivity contribution is 5.94. The molecule has 6 nitrogen and oxygen atoms in total. The lowest BCUT2D eigenvalue weighted by Gasteiger charge is -2.32. The van der Waals surface area contributed by atoms with Gasteiger partial charge in [-0.1, -0.05) is 30.3 Å². The van der Waals surface area contributed by atoms with Gasteiger partial charge in [-0.25, -0.2) is 14.4 Å². The van der Waals surface area contributed by atoms with E-state index in [4.69, 9.17) is 4.74 Å². The second-order valence-corrected chi connectivity index (χ2v) is 8.42. The number of hydrogen-bond donors (Lipinski definition) is 1. The normalized spacial score (nSPS) is 16.4. The first-order valence-corrected chi connectivity index (χ1v) is 11.2. The van der Waals surface area contributed by atoms with Crippen molar-refractivity contribution in [2.24, 2.45) is 0 Å². The Labute approximate surface area is 193 Å². The van der Waals surface area contributed by atoms with E-state index in [1.807, 2.05) is 25.1 Å². The Kier molecular flexibility index (Phi) is 7.29. The quantitative estimate of drug-likeness (QED) is 0.586. The number of nitrogens with zero attached hydrogens (tertiary/aromatic N) is 3. The van der Waals surface area contributed by atoms with Crippen molar-refractivity contribution in [1.29, 1.82) is 0 Å². The molecule has 0 unspecified atom stereocenters. The minimum Gasteiger partial charge on any atom is -0.496 e. The van der Waals surface area contributed by atoms with Crippen molar-refractivity contribution in [3.8, 4) is 5.75 Å². The second-order valence-electron chi connectivity index (χ2n) is 8.42. The third-order valence-electron chi connectivity index (χ3n) is 6.07. The summed E-state index contributed by atoms with van der Waals surface area (Å²) in [6, 6.07) is 14.2. The molecule has 0 spiro atoms. The van der Waals surface area contributed by atoms with Crippen LogP contribution >= 0.6 is 0 Å². The molecule has 1 N–H and O–H groups in total. The molecule has 172 valence electrons. The number of halogens is 1. The van der Waals surface area contributed by atoms with Crippen LogP contribution < -0.4 is 10.1 Å². The molecule has 1 aromatic heterocycles. The van der Waals surface area contributed by atoms with E-state index in [9.17, 15) is 9.18 Å². The molecule has 1 aliphatic rings. The Morgan fingerprint density at radius 3 is 2.76 bits per heavy atom. The SMILES string of the molecule is COc1ccccc1CN1CCC[C@@H](c2ncc(C(=O)NCc3ccc(F)cc3)c(C)n2)C1. The Balaban J connectivity index is 1.39. The zero-order valence-corrected chi connectivity index (χ0v) is 19.1. The average molecular weight is 449 g/mol. The van der Waals surface area contributed by atoms with Gasteiger partial charge >= 0.3 is 0 Å². The van der Waals surface area contributed by atoms with Crippen LogP contribution in [0.5, 0.6) is 5.75 Å². The molecule has 0 aliphatic carbocycles. The van der Waals surface area contributed by atoms with Gasteiger partial charge in [-0.05, 0) is 50.1 Å². The molecule has 0 bridgehead atoms. The molecular weight excluding hydrogens is 419 g/mol. The summed E-state index contributed by atoms with van der Waals surface area (Å²) in [5.41, 5.74) is 3.13. The molecule has 1 aliphatic heterocycles. The van der Waals surface area contributed by atoms with E-state index in [2.05, 4.69) is 26.3 Å². The van der Waals surface area contributed by atoms with Crippen molar-refractivity contribution in [2.75, 3.05) is 20.2 Å². The molecule has 1 amide bonds. The number of ether oxygens (including phenoxy) is 1. The lowest BCUT2D eigenvalue weighted by Crippen LogP contribution is -2.35. The summed E-state index contributed by atoms with van der Waals surface area (Å²) in [7, 11) is 1.70. The molecule has 1 saturated heterocycles. The van der Waals surface area contributed by atoms with Gasteiger partial charge in [-0.2, -0.15) is 0 Å². The van der Waals surface area contributed by atoms with Gasteiger partial charge in [0.15, 0.2) is 0 Å². The molecule has 2 heterocycles. The van der Waals surface area contributed by atoms with Crippen LogP contribution in [0.3, 0.4) is 0 Å². The van der Waals surface area contributed by atoms with Gasteiger partial charge in [0.05, 0.1) is 18.4 Å². The molecule has 1 atom stereocenters. The molecule has 0 radical (unpaired) electrons. The van der Waals surface area contributed by atoms with E-state index in [-0.39, 0.29) is 17.6 Å². The molecule has 7 heteroatoms. The number of nitrogens with one attached hydrogen (secondary N) is 1. The molecule has 3 aromatic rings. The fraction of sp³-hybridized carbons (Fsp3) is 0.346. The highest BCUT2D eigenvalue weighted by Gasteiger charge is 2.25. The van der Waals surface area contributed by atoms with Gasteiger partial charge in [0.25, 0.3) is 5.91 Å². The van der Waals surface area contributed by atoms with Crippen LogP contribution in [0, 0.1) is 12.7 Å². The zero-order chi connectivity index (χ0) is 23.2. The minimum atomic E-state index is -0.297. The number of methoxy groups -OCH3 is 1. The number of aromatic nitrogens is 2. The van der Waals surface area contributed by atoms with Crippen LogP contribution in [0.4, 0.5) is 4.39 Å². The van der Waals surface area contributed by atoms with Gasteiger partial charge in [0, 0.05) is 37.3 Å². The fourth-order valence-electron chi connectivity index (χ4n) is 4.27. The van der Waals surface area contributed by atoms with Crippen molar-refractivity contribution in [3.63, 3.8) is 0 Å². The first kappa shape index (κ1) is 22.9. The van der Waals surface area contributed by atoms with Gasteiger partial charge in [0.1, 0.15) is 17.4 Å². The van der Waals surface area contributed by atoms with Crippen LogP contribution in [0.1, 0.15) is 51.8 Å². The average Bonchev–Trinajstić information content (AvgIpc) is 2.84. The summed E-state index contributed by atoms with van der Waals surface area (Å²) >= 11 is 0. The lowest BCUT2D eigenvalue weighted by atomic mass is 9.96. The Morgan fingerprint density at radius 2 is 2.00 bits per heavy atom. The number of para-hydroxylation sites is 1. The highest BCUT2D eigenvalue weighted by Crippen LogP contribution is 2.28. The minimum absolute atomic E-state index is 0.225. The molecule has 4 rings (SSSR count). The van der Waals surface area contributed by atoms with E-state index in [0.717, 1.165) is 49.6 Å². The number of benzene rings is 2. The number of rotatable bonds is 7. The van der Waals surface area contributed by atoms with Crippen molar-refractivity contribution in [1.82, 2.24) is 20.2 Å². The number of aryl methyl sites for hydroxylation is 1. The van der Waals surface area contributed by atoms with E-state index in [1.54, 1.807) is 25.4 Å². The third-order valence-corrected chi connectivity index (χ3v) is 6.07. The summed E-state index contributed by atoms with van der Waals surface area (Å²) in [6.07, 6.45) is 3.72. The molecule has 0 saturated carbocycles. The number of likely N-dealkylation sites (tertiary alicyclic amines) is 1. The maximum atomic E-state index is 13.0. The first-order chi connectivity index (χ1) is 16.0. The Morgan fingerprint density at radius 1 is 1.21 bits per heavy atom. The maximum Gasteiger partial charge on any atom is 0.254 e. The van der Waals surface area contributed by atoms with Gasteiger partial charge in [0.2, 0.25) is 0 Å². The topological polar surface area (TPSA) is 67.3 Å². The van der Waals surface area contributed by atoms with Gasteiger partial charge in [-0.3, -0.25) is 9.69 Å². The van der Waals surface area contributed by atoms with Gasteiger partial charge in [-0.15, -0.1) is 0 Å². The second kappa shape index (κ2) is 10.5. The van der Waals surface area contributed by atoms with Crippen molar-refractivity contribution >= 4 is 5.91 Å². The summed E-state index contributed by atoms with van der Waals surface area (Å²) < 4.78 is 18.5. The number of hydrogen-bond acceptors (Lipinski definition) is 5. The Hall–Kier alpha value is -3.32. The fourth-order valence-corrected chi connectivity index (χ4v) is 4.27. The molecule has 33 heavy (non-hydrogen) atoms. The maximum absolute atomic E-state index is 13.0. The van der Waals surface area contributed by atoms with Crippen LogP contribution in [-0.4, -0.2) is 41.0 Å². The van der Waals surface area contributed by atoms with Gasteiger partial charge < -0.3 is 10.1 Å². The standard InChI is InChI=1S/C26H29FN4O2/c1-18-23(26(32)29-14-19-9-11-22(27)12-10-19)15-28-25(30-18)21-7-5-13-31(17-21)16-20-6-3-4-8-24(20)33-2/h3-4,6,8-12,15,21H,5,7,13-14,16-17H2,1-2H3,(H,29,32)/t21-/m1/s1. The monoisotopic (exact) mass is 448 g/mol. The summed E-state index contributed by atoms with van der Waals surface area (Å²) in [5, 5.41) is 2.86. The first-order valence-electron chi connectivity index (χ1n) is 11.2. The van der Waals surface area contributed by atoms with Crippen molar-refractivity contribution in [2.45, 2.75) is 38.8 Å². The van der Waals surface area contributed by atoms with Crippen LogP contribution in [0.2, 0.25) is 0 Å². The number of piperidine rings is 1. The number of carbonyl (C=O) groups excluding carboxylic acids is 1. The number of carbonyl (C=O) groups is 1. The highest BCUT2D eigenvalue weighted by atomic mass is 19.1. The zero-order valence-electron chi connectivity index (χ0n) is 19.1. The largest absolute Gasteiger partial charge is 0.496 e. The van der Waals surface area contributed by atoms with Crippen LogP contribution in [0.15, 0.2) is 54.7 Å². The Bertz CT molecular complexity index is 1100. The molecular formula is C26H29FN4O2. The summed E-state index contributed by atoms with van der Waals surface area (Å²) in [4.78, 5) is 24.3. The smallest absolute Gasteiger partial charge is 0.254 e. The molecule has 2 aromatic carbocycles. The van der Waals surface area contributed by atoms with E-state index >= 15 is 0 Å². The third kappa shape index (κ3) is 5.73. The van der Waals surface area contributed by atoms with Crippen LogP contribution in [0.25, 0.3) is 0 Å². The summed E-state index contributed by atoms with van der Waals surface area (Å²) in [5.74, 6) is 1.39. The number of amides is 1. The van der Waals surface area contributed by atoms with E-state index in [0.29, 0.717) is 17.8 Å². The predicted octanol–water partition coefficient (Wildman–Crippen LogP) is 4.24. The molecule has 1 fully saturated rings. The predicted molar refractivity (Wildman–Crippen MR) is 125 cm³/mol. The van der Waals surface area contributed by atoms with Crippen molar-refractivity contribution in [3.05, 3.63) is 88.8 Å².